The summed E-state index contributed by atoms with van der Waals surface area (Å²) in [6.07, 6.45) is 2.05. The zero-order chi connectivity index (χ0) is 15.6. The average molecular weight is 305 g/mol. The molecule has 0 aromatic carbocycles. The zero-order valence-corrected chi connectivity index (χ0v) is 14.6. The van der Waals surface area contributed by atoms with Crippen LogP contribution in [-0.4, -0.2) is 56.8 Å². The maximum atomic E-state index is 12.8. The van der Waals surface area contributed by atoms with Crippen molar-refractivity contribution < 1.29 is 8.42 Å². The van der Waals surface area contributed by atoms with Gasteiger partial charge >= 0.3 is 0 Å². The summed E-state index contributed by atoms with van der Waals surface area (Å²) in [5.74, 6) is 0.418. The van der Waals surface area contributed by atoms with Gasteiger partial charge in [-0.15, -0.1) is 0 Å². The van der Waals surface area contributed by atoms with E-state index in [9.17, 15) is 8.42 Å². The van der Waals surface area contributed by atoms with Crippen LogP contribution in [0.15, 0.2) is 0 Å². The van der Waals surface area contributed by atoms with Crippen molar-refractivity contribution in [1.82, 2.24) is 13.9 Å². The maximum absolute atomic E-state index is 12.8. The van der Waals surface area contributed by atoms with Crippen molar-refractivity contribution in [3.63, 3.8) is 0 Å². The van der Waals surface area contributed by atoms with Gasteiger partial charge < -0.3 is 5.32 Å². The molecule has 2 unspecified atom stereocenters. The SMILES string of the molecule is CNCC1CCCN(S(=O)(=O)N(C)C(C)C(C)(C)C)C1. The summed E-state index contributed by atoms with van der Waals surface area (Å²) in [6.45, 7) is 10.3. The van der Waals surface area contributed by atoms with Gasteiger partial charge in [-0.05, 0) is 44.7 Å². The monoisotopic (exact) mass is 305 g/mol. The van der Waals surface area contributed by atoms with Crippen LogP contribution in [0.3, 0.4) is 0 Å². The first kappa shape index (κ1) is 17.9. The molecule has 1 heterocycles. The Kier molecular flexibility index (Phi) is 6.01. The smallest absolute Gasteiger partial charge is 0.281 e. The Balaban J connectivity index is 2.82. The molecule has 6 heteroatoms. The standard InChI is InChI=1S/C14H31N3O2S/c1-12(14(2,3)4)16(6)20(18,19)17-9-7-8-13(11-17)10-15-5/h12-13,15H,7-11H2,1-6H3. The topological polar surface area (TPSA) is 52.7 Å². The van der Waals surface area contributed by atoms with Crippen LogP contribution < -0.4 is 5.32 Å². The molecular formula is C14H31N3O2S. The molecule has 120 valence electrons. The van der Waals surface area contributed by atoms with E-state index >= 15 is 0 Å². The Morgan fingerprint density at radius 2 is 2.00 bits per heavy atom. The second-order valence-corrected chi connectivity index (χ2v) is 8.98. The predicted octanol–water partition coefficient (Wildman–Crippen LogP) is 1.53. The van der Waals surface area contributed by atoms with E-state index in [1.807, 2.05) is 14.0 Å². The van der Waals surface area contributed by atoms with Crippen LogP contribution in [0.5, 0.6) is 0 Å². The summed E-state index contributed by atoms with van der Waals surface area (Å²) in [5.41, 5.74) is -0.0675. The third-order valence-electron chi connectivity index (χ3n) is 4.46. The minimum atomic E-state index is -3.36. The highest BCUT2D eigenvalue weighted by Crippen LogP contribution is 2.27. The number of piperidine rings is 1. The lowest BCUT2D eigenvalue weighted by molar-refractivity contribution is 0.190. The van der Waals surface area contributed by atoms with Crippen molar-refractivity contribution in [3.05, 3.63) is 0 Å². The van der Waals surface area contributed by atoms with E-state index in [4.69, 9.17) is 0 Å². The predicted molar refractivity (Wildman–Crippen MR) is 83.8 cm³/mol. The lowest BCUT2D eigenvalue weighted by Gasteiger charge is -2.39. The first-order valence-corrected chi connectivity index (χ1v) is 8.88. The Morgan fingerprint density at radius 1 is 1.40 bits per heavy atom. The third-order valence-corrected chi connectivity index (χ3v) is 6.49. The van der Waals surface area contributed by atoms with Gasteiger partial charge in [-0.25, -0.2) is 0 Å². The molecule has 0 spiro atoms. The molecule has 2 atom stereocenters. The molecule has 0 saturated carbocycles. The van der Waals surface area contributed by atoms with Gasteiger partial charge in [-0.1, -0.05) is 20.8 Å². The van der Waals surface area contributed by atoms with Crippen molar-refractivity contribution in [2.45, 2.75) is 46.6 Å². The van der Waals surface area contributed by atoms with Crippen molar-refractivity contribution in [1.29, 1.82) is 0 Å². The number of hydrogen-bond donors (Lipinski definition) is 1. The quantitative estimate of drug-likeness (QED) is 0.838. The van der Waals surface area contributed by atoms with E-state index in [0.29, 0.717) is 19.0 Å². The molecule has 1 N–H and O–H groups in total. The molecule has 0 aromatic rings. The molecule has 1 saturated heterocycles. The van der Waals surface area contributed by atoms with Gasteiger partial charge in [-0.2, -0.15) is 17.0 Å². The van der Waals surface area contributed by atoms with E-state index in [-0.39, 0.29) is 11.5 Å². The van der Waals surface area contributed by atoms with Gasteiger partial charge in [0.25, 0.3) is 10.2 Å². The zero-order valence-electron chi connectivity index (χ0n) is 13.8. The van der Waals surface area contributed by atoms with E-state index in [2.05, 4.69) is 26.1 Å². The van der Waals surface area contributed by atoms with E-state index in [1.165, 1.54) is 4.31 Å². The Bertz CT molecular complexity index is 401. The van der Waals surface area contributed by atoms with Crippen LogP contribution >= 0.6 is 0 Å². The highest BCUT2D eigenvalue weighted by atomic mass is 32.2. The number of nitrogens with zero attached hydrogens (tertiary/aromatic N) is 2. The van der Waals surface area contributed by atoms with Crippen molar-refractivity contribution in [2.24, 2.45) is 11.3 Å². The molecule has 1 rings (SSSR count). The summed E-state index contributed by atoms with van der Waals surface area (Å²) in [4.78, 5) is 0. The Morgan fingerprint density at radius 3 is 2.50 bits per heavy atom. The van der Waals surface area contributed by atoms with Gasteiger partial charge in [-0.3, -0.25) is 0 Å². The van der Waals surface area contributed by atoms with Gasteiger partial charge in [0.1, 0.15) is 0 Å². The first-order valence-electron chi connectivity index (χ1n) is 7.48. The largest absolute Gasteiger partial charge is 0.319 e. The number of hydrogen-bond acceptors (Lipinski definition) is 3. The van der Waals surface area contributed by atoms with Gasteiger partial charge in [0.05, 0.1) is 0 Å². The normalized spacial score (nSPS) is 24.1. The third kappa shape index (κ3) is 4.16. The minimum absolute atomic E-state index is 0.0304. The van der Waals surface area contributed by atoms with Crippen LogP contribution in [0.1, 0.15) is 40.5 Å². The second-order valence-electron chi connectivity index (χ2n) is 6.99. The molecule has 1 aliphatic heterocycles. The van der Waals surface area contributed by atoms with Crippen LogP contribution in [0.4, 0.5) is 0 Å². The van der Waals surface area contributed by atoms with Crippen molar-refractivity contribution >= 4 is 10.2 Å². The van der Waals surface area contributed by atoms with Crippen molar-refractivity contribution in [2.75, 3.05) is 33.7 Å². The fourth-order valence-electron chi connectivity index (χ4n) is 2.62. The summed E-state index contributed by atoms with van der Waals surface area (Å²) in [7, 11) is 0.262. The fraction of sp³-hybridized carbons (Fsp3) is 1.00. The minimum Gasteiger partial charge on any atom is -0.319 e. The summed E-state index contributed by atoms with van der Waals surface area (Å²) >= 11 is 0. The lowest BCUT2D eigenvalue weighted by atomic mass is 9.88. The van der Waals surface area contributed by atoms with Gasteiger partial charge in [0.15, 0.2) is 0 Å². The molecule has 1 fully saturated rings. The Labute approximate surface area is 124 Å². The van der Waals surface area contributed by atoms with E-state index < -0.39 is 10.2 Å². The molecule has 1 aliphatic rings. The highest BCUT2D eigenvalue weighted by molar-refractivity contribution is 7.86. The molecule has 5 nitrogen and oxygen atoms in total. The molecule has 20 heavy (non-hydrogen) atoms. The highest BCUT2D eigenvalue weighted by Gasteiger charge is 2.37. The van der Waals surface area contributed by atoms with Crippen LogP contribution in [-0.2, 0) is 10.2 Å². The Hall–Kier alpha value is -0.170. The van der Waals surface area contributed by atoms with Gasteiger partial charge in [0.2, 0.25) is 0 Å². The van der Waals surface area contributed by atoms with Gasteiger partial charge in [0, 0.05) is 26.2 Å². The number of rotatable bonds is 5. The molecule has 0 aromatic heterocycles. The van der Waals surface area contributed by atoms with Crippen LogP contribution in [0.25, 0.3) is 0 Å². The number of nitrogens with one attached hydrogen (secondary N) is 1. The first-order chi connectivity index (χ1) is 9.10. The lowest BCUT2D eigenvalue weighted by Crippen LogP contribution is -2.52. The van der Waals surface area contributed by atoms with E-state index in [1.54, 1.807) is 11.4 Å². The molecule has 0 amide bonds. The summed E-state index contributed by atoms with van der Waals surface area (Å²) in [6, 6.07) is -0.0304. The maximum Gasteiger partial charge on any atom is 0.281 e. The molecule has 0 radical (unpaired) electrons. The summed E-state index contributed by atoms with van der Waals surface area (Å²) < 4.78 is 28.7. The van der Waals surface area contributed by atoms with Crippen molar-refractivity contribution in [3.8, 4) is 0 Å². The summed E-state index contributed by atoms with van der Waals surface area (Å²) in [5, 5.41) is 3.15. The average Bonchev–Trinajstić information content (AvgIpc) is 2.36. The molecule has 0 aliphatic carbocycles. The fourth-order valence-corrected chi connectivity index (χ4v) is 4.46. The molecular weight excluding hydrogens is 274 g/mol. The van der Waals surface area contributed by atoms with Crippen LogP contribution in [0, 0.1) is 11.3 Å². The molecule has 0 bridgehead atoms. The van der Waals surface area contributed by atoms with Crippen LogP contribution in [0.2, 0.25) is 0 Å². The van der Waals surface area contributed by atoms with E-state index in [0.717, 1.165) is 19.4 Å². The second kappa shape index (κ2) is 6.73.